The van der Waals surface area contributed by atoms with Gasteiger partial charge in [0.25, 0.3) is 0 Å². The molecular weight excluding hydrogens is 192 g/mol. The molecule has 2 aromatic heterocycles. The molecule has 0 saturated heterocycles. The highest BCUT2D eigenvalue weighted by Gasteiger charge is 2.10. The summed E-state index contributed by atoms with van der Waals surface area (Å²) in [4.78, 5) is 7.92. The predicted molar refractivity (Wildman–Crippen MR) is 55.1 cm³/mol. The molecule has 15 heavy (non-hydrogen) atoms. The number of aromatic nitrogens is 2. The van der Waals surface area contributed by atoms with E-state index >= 15 is 0 Å². The smallest absolute Gasteiger partial charge is 0.143 e. The summed E-state index contributed by atoms with van der Waals surface area (Å²) in [7, 11) is 0. The molecule has 0 saturated carbocycles. The van der Waals surface area contributed by atoms with Gasteiger partial charge in [-0.3, -0.25) is 9.97 Å². The number of aromatic hydroxyl groups is 1. The van der Waals surface area contributed by atoms with Gasteiger partial charge in [-0.25, -0.2) is 0 Å². The van der Waals surface area contributed by atoms with E-state index in [0.29, 0.717) is 16.8 Å². The number of aliphatic hydroxyl groups is 1. The van der Waals surface area contributed by atoms with Crippen LogP contribution in [0.15, 0.2) is 36.8 Å². The van der Waals surface area contributed by atoms with Crippen LogP contribution in [0.2, 0.25) is 0 Å². The van der Waals surface area contributed by atoms with Crippen LogP contribution in [-0.4, -0.2) is 20.2 Å². The van der Waals surface area contributed by atoms with Crippen molar-refractivity contribution in [3.8, 4) is 17.0 Å². The number of nitrogens with zero attached hydrogens (tertiary/aromatic N) is 2. The molecule has 0 aliphatic carbocycles. The Bertz CT molecular complexity index is 457. The monoisotopic (exact) mass is 202 g/mol. The summed E-state index contributed by atoms with van der Waals surface area (Å²) < 4.78 is 0. The van der Waals surface area contributed by atoms with Crippen LogP contribution in [0.1, 0.15) is 5.56 Å². The zero-order valence-corrected chi connectivity index (χ0v) is 7.96. The Labute approximate surface area is 86.9 Å². The Hall–Kier alpha value is -1.94. The molecule has 0 amide bonds. The summed E-state index contributed by atoms with van der Waals surface area (Å²) in [6, 6.07) is 5.39. The lowest BCUT2D eigenvalue weighted by molar-refractivity contribution is 0.281. The molecule has 2 rings (SSSR count). The highest BCUT2D eigenvalue weighted by atomic mass is 16.3. The Morgan fingerprint density at radius 2 is 2.07 bits per heavy atom. The lowest BCUT2D eigenvalue weighted by atomic mass is 10.1. The fourth-order valence-electron chi connectivity index (χ4n) is 1.42. The van der Waals surface area contributed by atoms with E-state index in [0.717, 1.165) is 0 Å². The SMILES string of the molecule is OCc1cncc(O)c1-c1ccccn1. The lowest BCUT2D eigenvalue weighted by Crippen LogP contribution is -1.93. The molecule has 0 unspecified atom stereocenters. The Balaban J connectivity index is 2.61. The summed E-state index contributed by atoms with van der Waals surface area (Å²) in [5.41, 5.74) is 1.73. The minimum Gasteiger partial charge on any atom is -0.506 e. The maximum Gasteiger partial charge on any atom is 0.143 e. The average molecular weight is 202 g/mol. The first-order valence-electron chi connectivity index (χ1n) is 4.51. The summed E-state index contributed by atoms with van der Waals surface area (Å²) in [6.07, 6.45) is 4.49. The molecule has 0 atom stereocenters. The molecule has 4 nitrogen and oxygen atoms in total. The Morgan fingerprint density at radius 1 is 1.20 bits per heavy atom. The van der Waals surface area contributed by atoms with Crippen molar-refractivity contribution in [1.82, 2.24) is 9.97 Å². The van der Waals surface area contributed by atoms with Crippen LogP contribution in [0.4, 0.5) is 0 Å². The largest absolute Gasteiger partial charge is 0.506 e. The summed E-state index contributed by atoms with van der Waals surface area (Å²) >= 11 is 0. The molecule has 0 spiro atoms. The lowest BCUT2D eigenvalue weighted by Gasteiger charge is -2.07. The number of hydrogen-bond donors (Lipinski definition) is 2. The first kappa shape index (κ1) is 9.61. The quantitative estimate of drug-likeness (QED) is 0.771. The van der Waals surface area contributed by atoms with Crippen LogP contribution >= 0.6 is 0 Å². The molecule has 0 aliphatic rings. The number of hydrogen-bond acceptors (Lipinski definition) is 4. The molecule has 2 aromatic rings. The van der Waals surface area contributed by atoms with Crippen molar-refractivity contribution in [2.75, 3.05) is 0 Å². The highest BCUT2D eigenvalue weighted by molar-refractivity contribution is 5.69. The Morgan fingerprint density at radius 3 is 2.73 bits per heavy atom. The zero-order chi connectivity index (χ0) is 10.7. The van der Waals surface area contributed by atoms with Crippen molar-refractivity contribution in [2.45, 2.75) is 6.61 Å². The molecule has 4 heteroatoms. The van der Waals surface area contributed by atoms with Crippen molar-refractivity contribution in [1.29, 1.82) is 0 Å². The normalized spacial score (nSPS) is 10.2. The maximum atomic E-state index is 9.66. The minimum atomic E-state index is -0.173. The van der Waals surface area contributed by atoms with Crippen LogP contribution in [0, 0.1) is 0 Å². The standard InChI is InChI=1S/C11H10N2O2/c14-7-8-5-12-6-10(15)11(8)9-3-1-2-4-13-9/h1-6,14-15H,7H2. The van der Waals surface area contributed by atoms with E-state index in [1.165, 1.54) is 12.4 Å². The molecule has 0 aromatic carbocycles. The molecule has 2 N–H and O–H groups in total. The van der Waals surface area contributed by atoms with Gasteiger partial charge in [-0.05, 0) is 12.1 Å². The van der Waals surface area contributed by atoms with Gasteiger partial charge in [-0.1, -0.05) is 6.07 Å². The molecule has 0 aliphatic heterocycles. The van der Waals surface area contributed by atoms with Gasteiger partial charge in [0.05, 0.1) is 24.1 Å². The second-order valence-electron chi connectivity index (χ2n) is 3.07. The van der Waals surface area contributed by atoms with Gasteiger partial charge < -0.3 is 10.2 Å². The van der Waals surface area contributed by atoms with Gasteiger partial charge >= 0.3 is 0 Å². The molecule has 0 bridgehead atoms. The van der Waals surface area contributed by atoms with E-state index in [4.69, 9.17) is 5.11 Å². The van der Waals surface area contributed by atoms with E-state index in [-0.39, 0.29) is 12.4 Å². The Kier molecular flexibility index (Phi) is 2.60. The molecule has 2 heterocycles. The maximum absolute atomic E-state index is 9.66. The van der Waals surface area contributed by atoms with Crippen molar-refractivity contribution in [2.24, 2.45) is 0 Å². The number of aliphatic hydroxyl groups excluding tert-OH is 1. The second-order valence-corrected chi connectivity index (χ2v) is 3.07. The molecule has 0 fully saturated rings. The van der Waals surface area contributed by atoms with Crippen molar-refractivity contribution < 1.29 is 10.2 Å². The summed E-state index contributed by atoms with van der Waals surface area (Å²) in [5, 5.41) is 18.8. The van der Waals surface area contributed by atoms with Crippen molar-refractivity contribution >= 4 is 0 Å². The van der Waals surface area contributed by atoms with E-state index < -0.39 is 0 Å². The first-order chi connectivity index (χ1) is 7.33. The highest BCUT2D eigenvalue weighted by Crippen LogP contribution is 2.29. The summed E-state index contributed by atoms with van der Waals surface area (Å²) in [6.45, 7) is -0.173. The van der Waals surface area contributed by atoms with Crippen LogP contribution in [-0.2, 0) is 6.61 Å². The number of rotatable bonds is 2. The minimum absolute atomic E-state index is 0.0280. The van der Waals surface area contributed by atoms with Crippen LogP contribution < -0.4 is 0 Å². The van der Waals surface area contributed by atoms with E-state index in [2.05, 4.69) is 9.97 Å². The van der Waals surface area contributed by atoms with Crippen molar-refractivity contribution in [3.63, 3.8) is 0 Å². The third-order valence-corrected chi connectivity index (χ3v) is 2.10. The van der Waals surface area contributed by atoms with Gasteiger partial charge in [0.1, 0.15) is 5.75 Å². The van der Waals surface area contributed by atoms with Crippen molar-refractivity contribution in [3.05, 3.63) is 42.4 Å². The van der Waals surface area contributed by atoms with Crippen LogP contribution in [0.5, 0.6) is 5.75 Å². The van der Waals surface area contributed by atoms with E-state index in [1.54, 1.807) is 18.3 Å². The first-order valence-corrected chi connectivity index (χ1v) is 4.51. The topological polar surface area (TPSA) is 66.2 Å². The fraction of sp³-hybridized carbons (Fsp3) is 0.0909. The third-order valence-electron chi connectivity index (χ3n) is 2.10. The zero-order valence-electron chi connectivity index (χ0n) is 7.96. The van der Waals surface area contributed by atoms with Gasteiger partial charge in [-0.2, -0.15) is 0 Å². The third kappa shape index (κ3) is 1.80. The summed E-state index contributed by atoms with van der Waals surface area (Å²) in [5.74, 6) is 0.0280. The van der Waals surface area contributed by atoms with Gasteiger partial charge in [0, 0.05) is 18.0 Å². The fourth-order valence-corrected chi connectivity index (χ4v) is 1.42. The van der Waals surface area contributed by atoms with Crippen LogP contribution in [0.3, 0.4) is 0 Å². The average Bonchev–Trinajstić information content (AvgIpc) is 2.29. The molecule has 76 valence electrons. The van der Waals surface area contributed by atoms with Gasteiger partial charge in [0.15, 0.2) is 0 Å². The molecular formula is C11H10N2O2. The molecule has 0 radical (unpaired) electrons. The van der Waals surface area contributed by atoms with Crippen LogP contribution in [0.25, 0.3) is 11.3 Å². The van der Waals surface area contributed by atoms with E-state index in [9.17, 15) is 5.11 Å². The predicted octanol–water partition coefficient (Wildman–Crippen LogP) is 1.34. The van der Waals surface area contributed by atoms with Gasteiger partial charge in [0.2, 0.25) is 0 Å². The van der Waals surface area contributed by atoms with E-state index in [1.807, 2.05) is 6.07 Å². The second kappa shape index (κ2) is 4.06. The number of pyridine rings is 2. The van der Waals surface area contributed by atoms with Gasteiger partial charge in [-0.15, -0.1) is 0 Å².